The zero-order valence-electron chi connectivity index (χ0n) is 10.1. The first-order valence-corrected chi connectivity index (χ1v) is 5.78. The fourth-order valence-corrected chi connectivity index (χ4v) is 1.70. The molecule has 0 saturated heterocycles. The Balaban J connectivity index is 2.68. The molecule has 1 N–H and O–H groups in total. The lowest BCUT2D eigenvalue weighted by atomic mass is 9.99. The zero-order valence-corrected chi connectivity index (χ0v) is 10.1. The van der Waals surface area contributed by atoms with Gasteiger partial charge in [0, 0.05) is 12.5 Å². The quantitative estimate of drug-likeness (QED) is 0.783. The molecule has 0 aromatic carbocycles. The Morgan fingerprint density at radius 2 is 2.07 bits per heavy atom. The first kappa shape index (κ1) is 12.2. The molecule has 0 saturated carbocycles. The Morgan fingerprint density at radius 3 is 2.53 bits per heavy atom. The molecule has 1 heterocycles. The molecule has 0 bridgehead atoms. The third-order valence-electron chi connectivity index (χ3n) is 2.70. The van der Waals surface area contributed by atoms with Crippen LogP contribution in [0.15, 0.2) is 4.52 Å². The topological polar surface area (TPSA) is 51.0 Å². The number of hydrogen-bond donors (Lipinski definition) is 1. The molecular weight excluding hydrogens is 190 g/mol. The molecule has 2 atom stereocenters. The van der Waals surface area contributed by atoms with E-state index in [2.05, 4.69) is 36.2 Å². The highest BCUT2D eigenvalue weighted by Crippen LogP contribution is 2.19. The maximum atomic E-state index is 5.25. The van der Waals surface area contributed by atoms with Gasteiger partial charge in [-0.25, -0.2) is 0 Å². The predicted octanol–water partition coefficient (Wildman–Crippen LogP) is 2.12. The van der Waals surface area contributed by atoms with Crippen molar-refractivity contribution in [1.82, 2.24) is 15.5 Å². The molecule has 0 spiro atoms. The molecular formula is C11H21N3O. The van der Waals surface area contributed by atoms with Crippen molar-refractivity contribution >= 4 is 0 Å². The van der Waals surface area contributed by atoms with Crippen LogP contribution in [-0.2, 0) is 6.42 Å². The van der Waals surface area contributed by atoms with E-state index in [1.165, 1.54) is 0 Å². The first-order chi connectivity index (χ1) is 7.22. The minimum Gasteiger partial charge on any atom is -0.339 e. The van der Waals surface area contributed by atoms with Gasteiger partial charge in [-0.2, -0.15) is 4.98 Å². The molecule has 4 heteroatoms. The summed E-state index contributed by atoms with van der Waals surface area (Å²) in [6.45, 7) is 9.41. The zero-order chi connectivity index (χ0) is 11.3. The van der Waals surface area contributed by atoms with E-state index < -0.39 is 0 Å². The lowest BCUT2D eigenvalue weighted by Crippen LogP contribution is -2.33. The highest BCUT2D eigenvalue weighted by molar-refractivity contribution is 4.97. The summed E-state index contributed by atoms with van der Waals surface area (Å²) in [7, 11) is 0. The van der Waals surface area contributed by atoms with Gasteiger partial charge in [0.25, 0.3) is 0 Å². The van der Waals surface area contributed by atoms with Crippen molar-refractivity contribution in [1.29, 1.82) is 0 Å². The van der Waals surface area contributed by atoms with Crippen molar-refractivity contribution in [3.63, 3.8) is 0 Å². The van der Waals surface area contributed by atoms with Gasteiger partial charge in [0.1, 0.15) is 0 Å². The lowest BCUT2D eigenvalue weighted by Gasteiger charge is -2.20. The molecule has 15 heavy (non-hydrogen) atoms. The van der Waals surface area contributed by atoms with Gasteiger partial charge in [-0.3, -0.25) is 0 Å². The molecule has 1 aromatic rings. The van der Waals surface area contributed by atoms with Gasteiger partial charge in [-0.1, -0.05) is 32.9 Å². The highest BCUT2D eigenvalue weighted by atomic mass is 16.5. The number of hydrogen-bond acceptors (Lipinski definition) is 4. The van der Waals surface area contributed by atoms with Gasteiger partial charge in [0.05, 0.1) is 5.92 Å². The van der Waals surface area contributed by atoms with Gasteiger partial charge >= 0.3 is 0 Å². The monoisotopic (exact) mass is 211 g/mol. The summed E-state index contributed by atoms with van der Waals surface area (Å²) >= 11 is 0. The Hall–Kier alpha value is -0.900. The summed E-state index contributed by atoms with van der Waals surface area (Å²) < 4.78 is 5.25. The molecule has 1 aromatic heterocycles. The fraction of sp³-hybridized carbons (Fsp3) is 0.818. The number of aromatic nitrogens is 2. The molecule has 4 nitrogen and oxygen atoms in total. The van der Waals surface area contributed by atoms with Crippen LogP contribution in [0.1, 0.15) is 51.7 Å². The minimum absolute atomic E-state index is 0.280. The van der Waals surface area contributed by atoms with Crippen LogP contribution < -0.4 is 5.32 Å². The Bertz CT molecular complexity index is 285. The molecule has 0 radical (unpaired) electrons. The first-order valence-electron chi connectivity index (χ1n) is 5.78. The van der Waals surface area contributed by atoms with Crippen LogP contribution in [0.5, 0.6) is 0 Å². The third kappa shape index (κ3) is 3.02. The van der Waals surface area contributed by atoms with E-state index in [4.69, 9.17) is 4.52 Å². The average Bonchev–Trinajstić information content (AvgIpc) is 2.73. The van der Waals surface area contributed by atoms with Crippen LogP contribution in [0.25, 0.3) is 0 Å². The smallest absolute Gasteiger partial charge is 0.231 e. The molecule has 1 rings (SSSR count). The minimum atomic E-state index is 0.280. The van der Waals surface area contributed by atoms with Crippen molar-refractivity contribution in [2.75, 3.05) is 6.54 Å². The molecule has 0 aliphatic heterocycles. The third-order valence-corrected chi connectivity index (χ3v) is 2.70. The van der Waals surface area contributed by atoms with E-state index in [1.54, 1.807) is 0 Å². The molecule has 86 valence electrons. The number of likely N-dealkylation sites (N-methyl/N-ethyl adjacent to an activating group) is 1. The van der Waals surface area contributed by atoms with E-state index in [9.17, 15) is 0 Å². The van der Waals surface area contributed by atoms with Crippen molar-refractivity contribution in [3.05, 3.63) is 11.7 Å². The normalized spacial score (nSPS) is 15.2. The molecule has 0 aliphatic carbocycles. The second kappa shape index (κ2) is 5.85. The maximum absolute atomic E-state index is 5.25. The highest BCUT2D eigenvalue weighted by Gasteiger charge is 2.21. The van der Waals surface area contributed by atoms with Crippen LogP contribution in [0.3, 0.4) is 0 Å². The number of nitrogens with one attached hydrogen (secondary N) is 1. The van der Waals surface area contributed by atoms with E-state index in [0.717, 1.165) is 31.1 Å². The predicted molar refractivity (Wildman–Crippen MR) is 59.8 cm³/mol. The summed E-state index contributed by atoms with van der Waals surface area (Å²) in [4.78, 5) is 4.36. The lowest BCUT2D eigenvalue weighted by molar-refractivity contribution is 0.319. The molecule has 2 unspecified atom stereocenters. The standard InChI is InChI=1S/C11H21N3O/c1-5-9(12-7-3)8(4)11-13-10(6-2)14-15-11/h8-9,12H,5-7H2,1-4H3. The van der Waals surface area contributed by atoms with Crippen LogP contribution in [0.2, 0.25) is 0 Å². The maximum Gasteiger partial charge on any atom is 0.231 e. The average molecular weight is 211 g/mol. The summed E-state index contributed by atoms with van der Waals surface area (Å²) in [5, 5.41) is 7.35. The van der Waals surface area contributed by atoms with Gasteiger partial charge < -0.3 is 9.84 Å². The SMILES string of the molecule is CCNC(CC)C(C)c1nc(CC)no1. The van der Waals surface area contributed by atoms with Gasteiger partial charge in [-0.05, 0) is 13.0 Å². The molecule has 0 amide bonds. The summed E-state index contributed by atoms with van der Waals surface area (Å²) in [6, 6.07) is 0.417. The summed E-state index contributed by atoms with van der Waals surface area (Å²) in [5.41, 5.74) is 0. The number of aryl methyl sites for hydroxylation is 1. The van der Waals surface area contributed by atoms with Crippen LogP contribution in [0.4, 0.5) is 0 Å². The largest absolute Gasteiger partial charge is 0.339 e. The summed E-state index contributed by atoms with van der Waals surface area (Å²) in [5.74, 6) is 1.82. The molecule has 0 fully saturated rings. The Morgan fingerprint density at radius 1 is 1.33 bits per heavy atom. The van der Waals surface area contributed by atoms with Gasteiger partial charge in [0.2, 0.25) is 5.89 Å². The molecule has 0 aliphatic rings. The second-order valence-corrected chi connectivity index (χ2v) is 3.76. The van der Waals surface area contributed by atoms with E-state index in [0.29, 0.717) is 6.04 Å². The summed E-state index contributed by atoms with van der Waals surface area (Å²) in [6.07, 6.45) is 1.90. The van der Waals surface area contributed by atoms with Gasteiger partial charge in [-0.15, -0.1) is 0 Å². The van der Waals surface area contributed by atoms with Crippen molar-refractivity contribution in [2.24, 2.45) is 0 Å². The van der Waals surface area contributed by atoms with Crippen molar-refractivity contribution in [2.45, 2.75) is 52.5 Å². The fourth-order valence-electron chi connectivity index (χ4n) is 1.70. The second-order valence-electron chi connectivity index (χ2n) is 3.76. The van der Waals surface area contributed by atoms with Crippen molar-refractivity contribution in [3.8, 4) is 0 Å². The van der Waals surface area contributed by atoms with Crippen LogP contribution in [-0.4, -0.2) is 22.7 Å². The Kier molecular flexibility index (Phi) is 4.75. The Labute approximate surface area is 91.5 Å². The number of nitrogens with zero attached hydrogens (tertiary/aromatic N) is 2. The van der Waals surface area contributed by atoms with Crippen molar-refractivity contribution < 1.29 is 4.52 Å². The van der Waals surface area contributed by atoms with Gasteiger partial charge in [0.15, 0.2) is 5.82 Å². The van der Waals surface area contributed by atoms with Crippen LogP contribution in [0, 0.1) is 0 Å². The van der Waals surface area contributed by atoms with E-state index in [-0.39, 0.29) is 5.92 Å². The van der Waals surface area contributed by atoms with E-state index in [1.807, 2.05) is 6.92 Å². The van der Waals surface area contributed by atoms with Crippen LogP contribution >= 0.6 is 0 Å². The number of rotatable bonds is 6. The van der Waals surface area contributed by atoms with E-state index >= 15 is 0 Å².